The molecular formula is C22H21F3N4O3S. The minimum atomic E-state index is -4.77. The van der Waals surface area contributed by atoms with Gasteiger partial charge in [-0.1, -0.05) is 0 Å². The molecule has 1 N–H and O–H groups in total. The van der Waals surface area contributed by atoms with Gasteiger partial charge in [0.05, 0.1) is 11.3 Å². The molecule has 0 aliphatic carbocycles. The average Bonchev–Trinajstić information content (AvgIpc) is 3.13. The number of pyridine rings is 1. The molecular weight excluding hydrogens is 457 g/mol. The number of aromatic nitrogens is 2. The summed E-state index contributed by atoms with van der Waals surface area (Å²) in [7, 11) is 0. The molecule has 0 aliphatic heterocycles. The van der Waals surface area contributed by atoms with Crippen LogP contribution in [-0.4, -0.2) is 34.3 Å². The first-order chi connectivity index (χ1) is 15.6. The second kappa shape index (κ2) is 10.4. The molecule has 174 valence electrons. The van der Waals surface area contributed by atoms with E-state index in [0.29, 0.717) is 41.1 Å². The summed E-state index contributed by atoms with van der Waals surface area (Å²) in [6, 6.07) is 8.81. The van der Waals surface area contributed by atoms with Crippen molar-refractivity contribution in [3.8, 4) is 17.0 Å². The van der Waals surface area contributed by atoms with Crippen molar-refractivity contribution < 1.29 is 27.5 Å². The van der Waals surface area contributed by atoms with Crippen molar-refractivity contribution in [1.29, 1.82) is 0 Å². The Morgan fingerprint density at radius 2 is 1.91 bits per heavy atom. The largest absolute Gasteiger partial charge is 0.573 e. The fraction of sp³-hybridized carbons (Fsp3) is 0.273. The van der Waals surface area contributed by atoms with Gasteiger partial charge in [-0.3, -0.25) is 14.6 Å². The van der Waals surface area contributed by atoms with E-state index in [0.717, 1.165) is 5.69 Å². The number of hydrogen-bond donors (Lipinski definition) is 1. The molecule has 0 saturated heterocycles. The Labute approximate surface area is 191 Å². The molecule has 2 aromatic heterocycles. The fourth-order valence-corrected chi connectivity index (χ4v) is 3.87. The first-order valence-electron chi connectivity index (χ1n) is 9.93. The van der Waals surface area contributed by atoms with Crippen LogP contribution in [0.1, 0.15) is 29.4 Å². The lowest BCUT2D eigenvalue weighted by molar-refractivity contribution is -0.274. The van der Waals surface area contributed by atoms with Gasteiger partial charge in [0, 0.05) is 37.3 Å². The summed E-state index contributed by atoms with van der Waals surface area (Å²) in [5, 5.41) is 4.49. The molecule has 2 amide bonds. The minimum Gasteiger partial charge on any atom is -0.406 e. The van der Waals surface area contributed by atoms with Gasteiger partial charge in [-0.2, -0.15) is 4.99 Å². The number of hydrogen-bond acceptors (Lipinski definition) is 5. The summed E-state index contributed by atoms with van der Waals surface area (Å²) < 4.78 is 43.1. The van der Waals surface area contributed by atoms with Crippen LogP contribution < -0.4 is 14.9 Å². The molecule has 3 rings (SSSR count). The summed E-state index contributed by atoms with van der Waals surface area (Å²) in [4.78, 5) is 32.5. The van der Waals surface area contributed by atoms with Gasteiger partial charge in [0.1, 0.15) is 5.75 Å². The summed E-state index contributed by atoms with van der Waals surface area (Å²) in [5.41, 5.74) is 2.42. The van der Waals surface area contributed by atoms with Crippen LogP contribution in [0, 0.1) is 6.92 Å². The smallest absolute Gasteiger partial charge is 0.406 e. The van der Waals surface area contributed by atoms with Gasteiger partial charge < -0.3 is 14.6 Å². The number of thiazole rings is 1. The SMILES string of the molecule is CC(=O)NCCCn1c(-c2ccc(OC(F)(F)F)cc2)csc1=NC(=O)c1ccc(C)nc1. The van der Waals surface area contributed by atoms with Gasteiger partial charge in [-0.05, 0) is 55.3 Å². The lowest BCUT2D eigenvalue weighted by atomic mass is 10.1. The van der Waals surface area contributed by atoms with E-state index < -0.39 is 12.3 Å². The van der Waals surface area contributed by atoms with Gasteiger partial charge in [0.25, 0.3) is 5.91 Å². The van der Waals surface area contributed by atoms with E-state index in [1.165, 1.54) is 48.7 Å². The van der Waals surface area contributed by atoms with Crippen molar-refractivity contribution in [1.82, 2.24) is 14.9 Å². The van der Waals surface area contributed by atoms with Crippen molar-refractivity contribution in [2.24, 2.45) is 4.99 Å². The maximum absolute atomic E-state index is 12.6. The first-order valence-corrected chi connectivity index (χ1v) is 10.8. The molecule has 0 spiro atoms. The molecule has 33 heavy (non-hydrogen) atoms. The standard InChI is InChI=1S/C22H21F3N4O3S/c1-14-4-5-17(12-27-14)20(31)28-21-29(11-3-10-26-15(2)30)19(13-33-21)16-6-8-18(9-7-16)32-22(23,24)25/h4-9,12-13H,3,10-11H2,1-2H3,(H,26,30). The van der Waals surface area contributed by atoms with Crippen molar-refractivity contribution in [2.45, 2.75) is 33.2 Å². The third-order valence-electron chi connectivity index (χ3n) is 4.47. The van der Waals surface area contributed by atoms with E-state index in [1.807, 2.05) is 6.92 Å². The molecule has 0 bridgehead atoms. The molecule has 7 nitrogen and oxygen atoms in total. The molecule has 11 heteroatoms. The number of alkyl halides is 3. The molecule has 2 heterocycles. The predicted molar refractivity (Wildman–Crippen MR) is 117 cm³/mol. The molecule has 0 atom stereocenters. The zero-order valence-electron chi connectivity index (χ0n) is 17.8. The summed E-state index contributed by atoms with van der Waals surface area (Å²) in [5.74, 6) is -0.941. The zero-order valence-corrected chi connectivity index (χ0v) is 18.7. The third-order valence-corrected chi connectivity index (χ3v) is 5.33. The lowest BCUT2D eigenvalue weighted by Crippen LogP contribution is -2.24. The highest BCUT2D eigenvalue weighted by molar-refractivity contribution is 7.07. The normalized spacial score (nSPS) is 12.0. The number of nitrogens with zero attached hydrogens (tertiary/aromatic N) is 3. The quantitative estimate of drug-likeness (QED) is 0.519. The number of nitrogens with one attached hydrogen (secondary N) is 1. The highest BCUT2D eigenvalue weighted by Crippen LogP contribution is 2.27. The maximum Gasteiger partial charge on any atom is 0.573 e. The number of carbonyl (C=O) groups excluding carboxylic acids is 2. The maximum atomic E-state index is 12.6. The highest BCUT2D eigenvalue weighted by atomic mass is 32.1. The minimum absolute atomic E-state index is 0.155. The Morgan fingerprint density at radius 1 is 1.18 bits per heavy atom. The monoisotopic (exact) mass is 478 g/mol. The van der Waals surface area contributed by atoms with E-state index in [-0.39, 0.29) is 11.7 Å². The third kappa shape index (κ3) is 7.01. The number of rotatable bonds is 7. The highest BCUT2D eigenvalue weighted by Gasteiger charge is 2.31. The van der Waals surface area contributed by atoms with Crippen LogP contribution in [0.2, 0.25) is 0 Å². The predicted octanol–water partition coefficient (Wildman–Crippen LogP) is 4.09. The summed E-state index contributed by atoms with van der Waals surface area (Å²) in [6.45, 7) is 4.08. The molecule has 0 unspecified atom stereocenters. The second-order valence-electron chi connectivity index (χ2n) is 7.07. The summed E-state index contributed by atoms with van der Waals surface area (Å²) >= 11 is 1.23. The number of carbonyl (C=O) groups is 2. The lowest BCUT2D eigenvalue weighted by Gasteiger charge is -2.11. The molecule has 0 radical (unpaired) electrons. The van der Waals surface area contributed by atoms with E-state index >= 15 is 0 Å². The van der Waals surface area contributed by atoms with Gasteiger partial charge in [0.15, 0.2) is 4.80 Å². The zero-order chi connectivity index (χ0) is 24.0. The van der Waals surface area contributed by atoms with Crippen LogP contribution >= 0.6 is 11.3 Å². The Balaban J connectivity index is 1.93. The number of aryl methyl sites for hydroxylation is 1. The second-order valence-corrected chi connectivity index (χ2v) is 7.91. The van der Waals surface area contributed by atoms with Crippen LogP contribution in [0.4, 0.5) is 13.2 Å². The van der Waals surface area contributed by atoms with E-state index in [1.54, 1.807) is 22.1 Å². The molecule has 3 aromatic rings. The van der Waals surface area contributed by atoms with E-state index in [4.69, 9.17) is 0 Å². The van der Waals surface area contributed by atoms with Gasteiger partial charge in [0.2, 0.25) is 5.91 Å². The Kier molecular flexibility index (Phi) is 7.64. The van der Waals surface area contributed by atoms with Gasteiger partial charge >= 0.3 is 6.36 Å². The van der Waals surface area contributed by atoms with E-state index in [9.17, 15) is 22.8 Å². The topological polar surface area (TPSA) is 85.6 Å². The van der Waals surface area contributed by atoms with Crippen LogP contribution in [0.15, 0.2) is 53.0 Å². The van der Waals surface area contributed by atoms with Crippen LogP contribution in [0.5, 0.6) is 5.75 Å². The summed E-state index contributed by atoms with van der Waals surface area (Å²) in [6.07, 6.45) is -2.76. The van der Waals surface area contributed by atoms with Crippen molar-refractivity contribution in [3.05, 3.63) is 64.0 Å². The van der Waals surface area contributed by atoms with Crippen molar-refractivity contribution >= 4 is 23.2 Å². The average molecular weight is 478 g/mol. The number of ether oxygens (including phenoxy) is 1. The first kappa shape index (κ1) is 24.2. The van der Waals surface area contributed by atoms with E-state index in [2.05, 4.69) is 20.0 Å². The van der Waals surface area contributed by atoms with Gasteiger partial charge in [-0.15, -0.1) is 24.5 Å². The Morgan fingerprint density at radius 3 is 2.52 bits per heavy atom. The number of halogens is 3. The van der Waals surface area contributed by atoms with Crippen molar-refractivity contribution in [2.75, 3.05) is 6.54 Å². The van der Waals surface area contributed by atoms with Crippen LogP contribution in [0.25, 0.3) is 11.3 Å². The number of benzene rings is 1. The molecule has 0 saturated carbocycles. The molecule has 0 fully saturated rings. The Hall–Kier alpha value is -3.47. The number of amides is 2. The molecule has 1 aromatic carbocycles. The van der Waals surface area contributed by atoms with Crippen LogP contribution in [0.3, 0.4) is 0 Å². The Bertz CT molecular complexity index is 1180. The fourth-order valence-electron chi connectivity index (χ4n) is 2.94. The van der Waals surface area contributed by atoms with Crippen LogP contribution in [-0.2, 0) is 11.3 Å². The van der Waals surface area contributed by atoms with Gasteiger partial charge in [-0.25, -0.2) is 0 Å². The van der Waals surface area contributed by atoms with Crippen molar-refractivity contribution in [3.63, 3.8) is 0 Å². The molecule has 0 aliphatic rings.